The van der Waals surface area contributed by atoms with Gasteiger partial charge in [0.25, 0.3) is 0 Å². The van der Waals surface area contributed by atoms with Crippen LogP contribution in [0.15, 0.2) is 12.7 Å². The van der Waals surface area contributed by atoms with E-state index in [1.54, 1.807) is 6.08 Å². The summed E-state index contributed by atoms with van der Waals surface area (Å²) < 4.78 is 0. The van der Waals surface area contributed by atoms with Gasteiger partial charge in [-0.05, 0) is 12.8 Å². The van der Waals surface area contributed by atoms with E-state index >= 15 is 0 Å². The van der Waals surface area contributed by atoms with Crippen LogP contribution in [0, 0.1) is 0 Å². The van der Waals surface area contributed by atoms with Gasteiger partial charge in [0.1, 0.15) is 6.04 Å². The summed E-state index contributed by atoms with van der Waals surface area (Å²) in [5, 5.41) is 8.25. The van der Waals surface area contributed by atoms with Gasteiger partial charge >= 0.3 is 5.97 Å². The van der Waals surface area contributed by atoms with Gasteiger partial charge in [-0.3, -0.25) is 4.79 Å². The lowest BCUT2D eigenvalue weighted by Crippen LogP contribution is -2.29. The molecule has 3 N–H and O–H groups in total. The van der Waals surface area contributed by atoms with Crippen LogP contribution in [0.4, 0.5) is 0 Å². The predicted octanol–water partition coefficient (Wildman–Crippen LogP) is 0.365. The second-order valence-electron chi connectivity index (χ2n) is 1.81. The highest BCUT2D eigenvalue weighted by atomic mass is 16.4. The van der Waals surface area contributed by atoms with E-state index in [4.69, 9.17) is 10.8 Å². The minimum absolute atomic E-state index is 0.471. The summed E-state index contributed by atoms with van der Waals surface area (Å²) in [5.74, 6) is -0.947. The SMILES string of the molecule is C=CCC[C@H](N)C(=O)O. The number of allylic oxidation sites excluding steroid dienone is 1. The third-order valence-corrected chi connectivity index (χ3v) is 0.999. The smallest absolute Gasteiger partial charge is 0.320 e. The number of aliphatic carboxylic acids is 1. The molecule has 0 saturated heterocycles. The van der Waals surface area contributed by atoms with Crippen molar-refractivity contribution in [3.8, 4) is 0 Å². The molecule has 0 aliphatic heterocycles. The highest BCUT2D eigenvalue weighted by Gasteiger charge is 2.08. The molecule has 0 amide bonds. The fourth-order valence-electron chi connectivity index (χ4n) is 0.421. The summed E-state index contributed by atoms with van der Waals surface area (Å²) in [6.07, 6.45) is 2.79. The molecule has 0 unspecified atom stereocenters. The topological polar surface area (TPSA) is 63.3 Å². The van der Waals surface area contributed by atoms with Crippen molar-refractivity contribution < 1.29 is 9.90 Å². The van der Waals surface area contributed by atoms with Crippen molar-refractivity contribution in [3.05, 3.63) is 12.7 Å². The molecule has 3 heteroatoms. The van der Waals surface area contributed by atoms with Gasteiger partial charge < -0.3 is 10.8 Å². The van der Waals surface area contributed by atoms with Crippen molar-refractivity contribution in [2.75, 3.05) is 0 Å². The Morgan fingerprint density at radius 3 is 2.78 bits per heavy atom. The number of rotatable bonds is 4. The zero-order valence-corrected chi connectivity index (χ0v) is 5.21. The van der Waals surface area contributed by atoms with Crippen LogP contribution in [0.2, 0.25) is 0 Å². The quantitative estimate of drug-likeness (QED) is 0.539. The Kier molecular flexibility index (Phi) is 3.71. The fraction of sp³-hybridized carbons (Fsp3) is 0.500. The number of hydrogen-bond acceptors (Lipinski definition) is 2. The summed E-state index contributed by atoms with van der Waals surface area (Å²) in [7, 11) is 0. The molecule has 0 aliphatic rings. The molecule has 0 bridgehead atoms. The minimum atomic E-state index is -0.947. The normalized spacial score (nSPS) is 12.6. The Morgan fingerprint density at radius 1 is 1.89 bits per heavy atom. The highest BCUT2D eigenvalue weighted by molar-refractivity contribution is 5.72. The van der Waals surface area contributed by atoms with Crippen LogP contribution in [0.1, 0.15) is 12.8 Å². The highest BCUT2D eigenvalue weighted by Crippen LogP contribution is 1.93. The number of carbonyl (C=O) groups is 1. The second-order valence-corrected chi connectivity index (χ2v) is 1.81. The summed E-state index contributed by atoms with van der Waals surface area (Å²) >= 11 is 0. The van der Waals surface area contributed by atoms with E-state index in [1.165, 1.54) is 0 Å². The Labute approximate surface area is 54.2 Å². The van der Waals surface area contributed by atoms with Gasteiger partial charge in [0, 0.05) is 0 Å². The standard InChI is InChI=1S/C6H11NO2/c1-2-3-4-5(7)6(8)9/h2,5H,1,3-4,7H2,(H,8,9)/t5-/m0/s1. The Balaban J connectivity index is 3.37. The fourth-order valence-corrected chi connectivity index (χ4v) is 0.421. The Bertz CT molecular complexity index is 112. The first-order chi connectivity index (χ1) is 4.18. The molecule has 52 valence electrons. The summed E-state index contributed by atoms with van der Waals surface area (Å²) in [4.78, 5) is 10.0. The maximum absolute atomic E-state index is 10.0. The lowest BCUT2D eigenvalue weighted by atomic mass is 10.2. The van der Waals surface area contributed by atoms with E-state index in [9.17, 15) is 4.79 Å². The first-order valence-electron chi connectivity index (χ1n) is 2.77. The summed E-state index contributed by atoms with van der Waals surface area (Å²) in [6, 6.07) is -0.733. The molecule has 0 fully saturated rings. The van der Waals surface area contributed by atoms with Gasteiger partial charge in [0.05, 0.1) is 0 Å². The van der Waals surface area contributed by atoms with Crippen LogP contribution in [-0.2, 0) is 4.79 Å². The van der Waals surface area contributed by atoms with Gasteiger partial charge in [-0.1, -0.05) is 6.08 Å². The third-order valence-electron chi connectivity index (χ3n) is 0.999. The maximum atomic E-state index is 10.0. The zero-order chi connectivity index (χ0) is 7.28. The summed E-state index contributed by atoms with van der Waals surface area (Å²) in [6.45, 7) is 3.44. The second kappa shape index (κ2) is 4.09. The van der Waals surface area contributed by atoms with Crippen LogP contribution in [0.25, 0.3) is 0 Å². The number of carboxylic acids is 1. The molecule has 0 aromatic heterocycles. The van der Waals surface area contributed by atoms with Crippen LogP contribution < -0.4 is 5.73 Å². The molecule has 0 heterocycles. The van der Waals surface area contributed by atoms with Crippen LogP contribution in [-0.4, -0.2) is 17.1 Å². The molecule has 0 aliphatic carbocycles. The van der Waals surface area contributed by atoms with Gasteiger partial charge in [-0.2, -0.15) is 0 Å². The van der Waals surface area contributed by atoms with Crippen molar-refractivity contribution in [1.29, 1.82) is 0 Å². The molecular formula is C6H11NO2. The first kappa shape index (κ1) is 8.17. The molecule has 0 aromatic rings. The van der Waals surface area contributed by atoms with Crippen LogP contribution >= 0.6 is 0 Å². The van der Waals surface area contributed by atoms with E-state index in [0.29, 0.717) is 12.8 Å². The Hall–Kier alpha value is -0.830. The molecular weight excluding hydrogens is 118 g/mol. The Morgan fingerprint density at radius 2 is 2.44 bits per heavy atom. The van der Waals surface area contributed by atoms with Gasteiger partial charge in [0.2, 0.25) is 0 Å². The number of hydrogen-bond donors (Lipinski definition) is 2. The van der Waals surface area contributed by atoms with Crippen LogP contribution in [0.3, 0.4) is 0 Å². The number of carboxylic acid groups (broad SMARTS) is 1. The van der Waals surface area contributed by atoms with E-state index in [2.05, 4.69) is 6.58 Å². The lowest BCUT2D eigenvalue weighted by molar-refractivity contribution is -0.138. The van der Waals surface area contributed by atoms with Crippen molar-refractivity contribution in [2.24, 2.45) is 5.73 Å². The van der Waals surface area contributed by atoms with Crippen molar-refractivity contribution >= 4 is 5.97 Å². The molecule has 0 radical (unpaired) electrons. The molecule has 0 aromatic carbocycles. The molecule has 1 atom stereocenters. The predicted molar refractivity (Wildman–Crippen MR) is 35.0 cm³/mol. The van der Waals surface area contributed by atoms with E-state index in [0.717, 1.165) is 0 Å². The number of nitrogens with two attached hydrogens (primary N) is 1. The molecule has 0 saturated carbocycles. The van der Waals surface area contributed by atoms with E-state index < -0.39 is 12.0 Å². The molecule has 9 heavy (non-hydrogen) atoms. The van der Waals surface area contributed by atoms with Crippen molar-refractivity contribution in [2.45, 2.75) is 18.9 Å². The van der Waals surface area contributed by atoms with Crippen molar-refractivity contribution in [3.63, 3.8) is 0 Å². The minimum Gasteiger partial charge on any atom is -0.480 e. The van der Waals surface area contributed by atoms with E-state index in [-0.39, 0.29) is 0 Å². The van der Waals surface area contributed by atoms with Crippen molar-refractivity contribution in [1.82, 2.24) is 0 Å². The first-order valence-corrected chi connectivity index (χ1v) is 2.77. The maximum Gasteiger partial charge on any atom is 0.320 e. The average Bonchev–Trinajstić information content (AvgIpc) is 1.82. The van der Waals surface area contributed by atoms with Gasteiger partial charge in [-0.25, -0.2) is 0 Å². The average molecular weight is 129 g/mol. The molecule has 0 rings (SSSR count). The van der Waals surface area contributed by atoms with Gasteiger partial charge in [-0.15, -0.1) is 6.58 Å². The lowest BCUT2D eigenvalue weighted by Gasteiger charge is -2.01. The molecule has 3 nitrogen and oxygen atoms in total. The largest absolute Gasteiger partial charge is 0.480 e. The summed E-state index contributed by atoms with van der Waals surface area (Å²) in [5.41, 5.74) is 5.16. The monoisotopic (exact) mass is 129 g/mol. The van der Waals surface area contributed by atoms with Crippen LogP contribution in [0.5, 0.6) is 0 Å². The third kappa shape index (κ3) is 3.73. The molecule has 0 spiro atoms. The van der Waals surface area contributed by atoms with Gasteiger partial charge in [0.15, 0.2) is 0 Å². The van der Waals surface area contributed by atoms with E-state index in [1.807, 2.05) is 0 Å². The zero-order valence-electron chi connectivity index (χ0n) is 5.21.